The number of hydrogen-bond donors (Lipinski definition) is 4. The van der Waals surface area contributed by atoms with Gasteiger partial charge < -0.3 is 25.2 Å². The van der Waals surface area contributed by atoms with Crippen LogP contribution in [-0.2, 0) is 18.6 Å². The number of benzene rings is 1. The molecule has 0 fully saturated rings. The fourth-order valence-corrected chi connectivity index (χ4v) is 4.14. The zero-order valence-corrected chi connectivity index (χ0v) is 22.4. The van der Waals surface area contributed by atoms with E-state index in [-0.39, 0.29) is 35.4 Å². The highest BCUT2D eigenvalue weighted by molar-refractivity contribution is 7.46. The van der Waals surface area contributed by atoms with Gasteiger partial charge in [-0.3, -0.25) is 14.6 Å². The standard InChI is InChI=1S/C23H31N6O8P/c1-5-9-25-22(31)17-11-28-19(15(17)4)20(26-12-27-28)29(23(32)36-13-37-38(33,34)35)18-10-16(8-7-14(18)3)21(30)24-6-2/h7-8,10,12,17H,5-6,9,11,13H2,1-4H3,(H,24,30)(H,25,31)(H2,33,34,35). The Bertz CT molecular complexity index is 1240. The van der Waals surface area contributed by atoms with Gasteiger partial charge in [0.05, 0.1) is 18.2 Å². The van der Waals surface area contributed by atoms with Crippen LogP contribution in [-0.4, -0.2) is 71.3 Å². The number of hydrogen-bond acceptors (Lipinski definition) is 9. The summed E-state index contributed by atoms with van der Waals surface area (Å²) in [6.07, 6.45) is 0.899. The first-order valence-corrected chi connectivity index (χ1v) is 13.4. The van der Waals surface area contributed by atoms with Gasteiger partial charge in [0.2, 0.25) is 12.7 Å². The number of carbonyl (C=O) groups excluding carboxylic acids is 3. The van der Waals surface area contributed by atoms with E-state index in [1.54, 1.807) is 37.9 Å². The molecule has 0 saturated carbocycles. The Morgan fingerprint density at radius 3 is 2.61 bits per heavy atom. The molecule has 2 aliphatic rings. The maximum Gasteiger partial charge on any atom is 0.472 e. The predicted molar refractivity (Wildman–Crippen MR) is 138 cm³/mol. The average molecular weight is 551 g/mol. The number of hydrazone groups is 1. The third kappa shape index (κ3) is 6.64. The van der Waals surface area contributed by atoms with Crippen molar-refractivity contribution in [3.63, 3.8) is 0 Å². The van der Waals surface area contributed by atoms with Gasteiger partial charge in [0.25, 0.3) is 5.91 Å². The lowest BCUT2D eigenvalue weighted by Gasteiger charge is -2.30. The molecule has 1 aromatic carbocycles. The molecule has 0 spiro atoms. The van der Waals surface area contributed by atoms with Crippen molar-refractivity contribution in [2.45, 2.75) is 34.1 Å². The lowest BCUT2D eigenvalue weighted by Crippen LogP contribution is -2.43. The zero-order chi connectivity index (χ0) is 28.0. The second kappa shape index (κ2) is 12.3. The molecule has 1 atom stereocenters. The summed E-state index contributed by atoms with van der Waals surface area (Å²) >= 11 is 0. The first-order chi connectivity index (χ1) is 18.0. The van der Waals surface area contributed by atoms with Crippen LogP contribution >= 0.6 is 7.82 Å². The van der Waals surface area contributed by atoms with Crippen molar-refractivity contribution in [2.24, 2.45) is 16.0 Å². The molecule has 3 rings (SSSR count). The molecule has 2 heterocycles. The lowest BCUT2D eigenvalue weighted by molar-refractivity contribution is -0.123. The molecule has 38 heavy (non-hydrogen) atoms. The van der Waals surface area contributed by atoms with Gasteiger partial charge in [0, 0.05) is 18.7 Å². The Balaban J connectivity index is 2.08. The van der Waals surface area contributed by atoms with E-state index in [4.69, 9.17) is 14.5 Å². The molecular weight excluding hydrogens is 519 g/mol. The van der Waals surface area contributed by atoms with Gasteiger partial charge in [-0.1, -0.05) is 13.0 Å². The largest absolute Gasteiger partial charge is 0.472 e. The quantitative estimate of drug-likeness (QED) is 0.263. The van der Waals surface area contributed by atoms with E-state index in [9.17, 15) is 18.9 Å². The summed E-state index contributed by atoms with van der Waals surface area (Å²) in [5.74, 6) is -1.07. The summed E-state index contributed by atoms with van der Waals surface area (Å²) in [6, 6.07) is 4.70. The predicted octanol–water partition coefficient (Wildman–Crippen LogP) is 1.84. The molecule has 0 saturated heterocycles. The summed E-state index contributed by atoms with van der Waals surface area (Å²) in [7, 11) is -4.91. The van der Waals surface area contributed by atoms with Gasteiger partial charge >= 0.3 is 13.9 Å². The van der Waals surface area contributed by atoms with Gasteiger partial charge in [-0.15, -0.1) is 0 Å². The van der Waals surface area contributed by atoms with Crippen LogP contribution in [0.2, 0.25) is 0 Å². The molecule has 15 heteroatoms. The molecule has 3 amide bonds. The summed E-state index contributed by atoms with van der Waals surface area (Å²) in [5, 5.41) is 11.3. The summed E-state index contributed by atoms with van der Waals surface area (Å²) < 4.78 is 20.4. The molecule has 0 radical (unpaired) electrons. The van der Waals surface area contributed by atoms with Crippen LogP contribution in [0, 0.1) is 12.8 Å². The Kier molecular flexibility index (Phi) is 9.39. The Hall–Kier alpha value is -3.58. The van der Waals surface area contributed by atoms with Gasteiger partial charge in [0.15, 0.2) is 5.84 Å². The number of nitrogens with one attached hydrogen (secondary N) is 2. The number of phosphoric acid groups is 1. The maximum absolute atomic E-state index is 13.4. The van der Waals surface area contributed by atoms with Crippen molar-refractivity contribution >= 4 is 43.6 Å². The third-order valence-electron chi connectivity index (χ3n) is 5.81. The highest BCUT2D eigenvalue weighted by atomic mass is 31.2. The fourth-order valence-electron chi connectivity index (χ4n) is 3.95. The van der Waals surface area contributed by atoms with Gasteiger partial charge in [-0.2, -0.15) is 5.10 Å². The average Bonchev–Trinajstić information content (AvgIpc) is 3.20. The Morgan fingerprint density at radius 1 is 1.21 bits per heavy atom. The first-order valence-electron chi connectivity index (χ1n) is 11.9. The maximum atomic E-state index is 13.4. The van der Waals surface area contributed by atoms with Crippen molar-refractivity contribution in [1.29, 1.82) is 0 Å². The van der Waals surface area contributed by atoms with E-state index >= 15 is 0 Å². The highest BCUT2D eigenvalue weighted by Crippen LogP contribution is 2.37. The molecule has 2 aliphatic heterocycles. The Morgan fingerprint density at radius 2 is 1.95 bits per heavy atom. The van der Waals surface area contributed by atoms with Crippen molar-refractivity contribution in [3.8, 4) is 0 Å². The van der Waals surface area contributed by atoms with E-state index in [0.29, 0.717) is 29.9 Å². The number of carbonyl (C=O) groups is 3. The molecule has 0 aromatic heterocycles. The van der Waals surface area contributed by atoms with Crippen LogP contribution in [0.4, 0.5) is 10.5 Å². The molecule has 0 aliphatic carbocycles. The van der Waals surface area contributed by atoms with Gasteiger partial charge in [-0.05, 0) is 50.5 Å². The summed E-state index contributed by atoms with van der Waals surface area (Å²) in [5.41, 5.74) is 2.04. The second-order valence-corrected chi connectivity index (χ2v) is 9.72. The number of phosphoric ester groups is 1. The topological polar surface area (TPSA) is 182 Å². The third-order valence-corrected chi connectivity index (χ3v) is 6.25. The normalized spacial score (nSPS) is 16.6. The number of aliphatic imine (C=N–C) groups is 1. The van der Waals surface area contributed by atoms with Crippen LogP contribution in [0.5, 0.6) is 0 Å². The van der Waals surface area contributed by atoms with E-state index in [2.05, 4.69) is 25.3 Å². The minimum absolute atomic E-state index is 0.0561. The van der Waals surface area contributed by atoms with Crippen molar-refractivity contribution in [1.82, 2.24) is 15.6 Å². The number of fused-ring (bicyclic) bond motifs is 1. The minimum Gasteiger partial charge on any atom is -0.421 e. The van der Waals surface area contributed by atoms with Crippen LogP contribution < -0.4 is 15.5 Å². The van der Waals surface area contributed by atoms with Crippen LogP contribution in [0.3, 0.4) is 0 Å². The number of anilines is 1. The summed E-state index contributed by atoms with van der Waals surface area (Å²) in [6.45, 7) is 7.22. The second-order valence-electron chi connectivity index (χ2n) is 8.48. The van der Waals surface area contributed by atoms with Crippen LogP contribution in [0.1, 0.15) is 43.1 Å². The van der Waals surface area contributed by atoms with Gasteiger partial charge in [-0.25, -0.2) is 23.8 Å². The highest BCUT2D eigenvalue weighted by Gasteiger charge is 2.41. The molecule has 1 unspecified atom stereocenters. The van der Waals surface area contributed by atoms with Crippen molar-refractivity contribution in [2.75, 3.05) is 31.3 Å². The number of aryl methyl sites for hydroxylation is 1. The molecule has 4 N–H and O–H groups in total. The van der Waals surface area contributed by atoms with Crippen molar-refractivity contribution < 1.29 is 38.0 Å². The molecule has 206 valence electrons. The number of amides is 3. The number of rotatable bonds is 9. The molecule has 1 aromatic rings. The van der Waals surface area contributed by atoms with E-state index in [1.807, 2.05) is 6.92 Å². The SMILES string of the molecule is CCCNC(=O)C1CN2N=CN=C(N(C(=O)OCOP(=O)(O)O)c3cc(C(=O)NCC)ccc3C)C2=C1C. The zero-order valence-electron chi connectivity index (χ0n) is 21.5. The van der Waals surface area contributed by atoms with Crippen LogP contribution in [0.15, 0.2) is 39.6 Å². The van der Waals surface area contributed by atoms with E-state index < -0.39 is 26.6 Å². The van der Waals surface area contributed by atoms with Crippen LogP contribution in [0.25, 0.3) is 0 Å². The Labute approximate surface area is 219 Å². The number of ether oxygens (including phenoxy) is 1. The summed E-state index contributed by atoms with van der Waals surface area (Å²) in [4.78, 5) is 62.0. The fraction of sp³-hybridized carbons (Fsp3) is 0.435. The molecule has 14 nitrogen and oxygen atoms in total. The number of amidine groups is 1. The van der Waals surface area contributed by atoms with E-state index in [1.165, 1.54) is 12.4 Å². The molecular formula is C23H31N6O8P. The number of nitrogens with zero attached hydrogens (tertiary/aromatic N) is 4. The minimum atomic E-state index is -4.91. The monoisotopic (exact) mass is 550 g/mol. The molecule has 0 bridgehead atoms. The van der Waals surface area contributed by atoms with E-state index in [0.717, 1.165) is 11.3 Å². The lowest BCUT2D eigenvalue weighted by atomic mass is 10.0. The van der Waals surface area contributed by atoms with Crippen molar-refractivity contribution in [3.05, 3.63) is 40.6 Å². The first kappa shape index (κ1) is 29.0. The smallest absolute Gasteiger partial charge is 0.421 e. The van der Waals surface area contributed by atoms with Gasteiger partial charge in [0.1, 0.15) is 12.0 Å².